The molecule has 0 saturated heterocycles. The molecule has 0 spiro atoms. The molecular formula is C13H11BrO2. The fourth-order valence-corrected chi connectivity index (χ4v) is 2.18. The summed E-state index contributed by atoms with van der Waals surface area (Å²) in [7, 11) is 0. The summed E-state index contributed by atoms with van der Waals surface area (Å²) in [6.07, 6.45) is 1.89. The highest BCUT2D eigenvalue weighted by Crippen LogP contribution is 2.17. The molecule has 2 aromatic rings. The number of carbonyl (C=O) groups excluding carboxylic acids is 1. The molecule has 1 aromatic heterocycles. The van der Waals surface area contributed by atoms with E-state index < -0.39 is 0 Å². The number of Topliss-reactive ketones (excluding diaryl/α,β-unsaturated/α-hetero) is 1. The number of aryl methyl sites for hydroxylation is 1. The first-order chi connectivity index (χ1) is 7.65. The van der Waals surface area contributed by atoms with Crippen molar-refractivity contribution in [2.24, 2.45) is 0 Å². The Morgan fingerprint density at radius 1 is 1.38 bits per heavy atom. The smallest absolute Gasteiger partial charge is 0.170 e. The third-order valence-electron chi connectivity index (χ3n) is 2.28. The maximum Gasteiger partial charge on any atom is 0.170 e. The summed E-state index contributed by atoms with van der Waals surface area (Å²) in [6, 6.07) is 9.29. The second kappa shape index (κ2) is 4.66. The van der Waals surface area contributed by atoms with Crippen molar-refractivity contribution in [1.29, 1.82) is 0 Å². The first-order valence-corrected chi connectivity index (χ1v) is 5.77. The summed E-state index contributed by atoms with van der Waals surface area (Å²) in [5.74, 6) is 0.766. The summed E-state index contributed by atoms with van der Waals surface area (Å²) in [4.78, 5) is 11.9. The van der Waals surface area contributed by atoms with E-state index in [0.717, 1.165) is 10.0 Å². The van der Waals surface area contributed by atoms with Gasteiger partial charge in [-0.3, -0.25) is 4.79 Å². The minimum Gasteiger partial charge on any atom is -0.469 e. The van der Waals surface area contributed by atoms with Crippen molar-refractivity contribution in [1.82, 2.24) is 0 Å². The lowest BCUT2D eigenvalue weighted by Gasteiger charge is -2.02. The Morgan fingerprint density at radius 3 is 2.81 bits per heavy atom. The van der Waals surface area contributed by atoms with Crippen molar-refractivity contribution < 1.29 is 9.21 Å². The molecule has 0 radical (unpaired) electrons. The monoisotopic (exact) mass is 278 g/mol. The quantitative estimate of drug-likeness (QED) is 0.800. The number of ketones is 1. The molecule has 0 atom stereocenters. The molecule has 0 aliphatic heterocycles. The van der Waals surface area contributed by atoms with Crippen molar-refractivity contribution in [3.63, 3.8) is 0 Å². The van der Waals surface area contributed by atoms with Crippen LogP contribution in [-0.2, 0) is 6.42 Å². The lowest BCUT2D eigenvalue weighted by molar-refractivity contribution is 0.0987. The third-order valence-corrected chi connectivity index (χ3v) is 2.74. The van der Waals surface area contributed by atoms with E-state index in [1.54, 1.807) is 12.3 Å². The van der Waals surface area contributed by atoms with E-state index in [0.29, 0.717) is 17.7 Å². The molecule has 0 aliphatic carbocycles. The summed E-state index contributed by atoms with van der Waals surface area (Å²) in [5, 5.41) is 0. The van der Waals surface area contributed by atoms with Crippen LogP contribution in [0.15, 0.2) is 45.5 Å². The molecule has 0 amide bonds. The van der Waals surface area contributed by atoms with Crippen LogP contribution in [0, 0.1) is 6.92 Å². The molecule has 1 heterocycles. The summed E-state index contributed by atoms with van der Waals surface area (Å²) in [5.41, 5.74) is 1.78. The predicted octanol–water partition coefficient (Wildman–Crippen LogP) is 3.78. The maximum atomic E-state index is 11.9. The van der Waals surface area contributed by atoms with Crippen molar-refractivity contribution >= 4 is 21.7 Å². The van der Waals surface area contributed by atoms with Gasteiger partial charge in [0.25, 0.3) is 0 Å². The van der Waals surface area contributed by atoms with Crippen molar-refractivity contribution in [2.75, 3.05) is 0 Å². The van der Waals surface area contributed by atoms with E-state index in [4.69, 9.17) is 4.42 Å². The molecule has 0 unspecified atom stereocenters. The topological polar surface area (TPSA) is 30.2 Å². The van der Waals surface area contributed by atoms with Gasteiger partial charge in [-0.25, -0.2) is 0 Å². The molecule has 0 aliphatic rings. The van der Waals surface area contributed by atoms with Crippen molar-refractivity contribution in [3.8, 4) is 0 Å². The second-order valence-electron chi connectivity index (χ2n) is 3.70. The van der Waals surface area contributed by atoms with Gasteiger partial charge in [0.1, 0.15) is 5.76 Å². The lowest BCUT2D eigenvalue weighted by Crippen LogP contribution is -2.03. The molecular weight excluding hydrogens is 268 g/mol. The minimum absolute atomic E-state index is 0.0688. The normalized spacial score (nSPS) is 10.4. The number of halogens is 1. The summed E-state index contributed by atoms with van der Waals surface area (Å²) >= 11 is 3.38. The molecule has 3 heteroatoms. The Bertz CT molecular complexity index is 480. The van der Waals surface area contributed by atoms with Gasteiger partial charge in [-0.1, -0.05) is 15.9 Å². The molecule has 82 valence electrons. The SMILES string of the molecule is Cc1cc(Br)cc(C(=O)Cc2ccco2)c1. The summed E-state index contributed by atoms with van der Waals surface area (Å²) in [6.45, 7) is 1.97. The van der Waals surface area contributed by atoms with Gasteiger partial charge >= 0.3 is 0 Å². The molecule has 0 N–H and O–H groups in total. The Morgan fingerprint density at radius 2 is 2.19 bits per heavy atom. The Balaban J connectivity index is 2.21. The van der Waals surface area contributed by atoms with E-state index in [1.807, 2.05) is 31.2 Å². The van der Waals surface area contributed by atoms with Crippen LogP contribution >= 0.6 is 15.9 Å². The highest BCUT2D eigenvalue weighted by atomic mass is 79.9. The average Bonchev–Trinajstić information content (AvgIpc) is 2.68. The minimum atomic E-state index is 0.0688. The van der Waals surface area contributed by atoms with Crippen LogP contribution in [0.5, 0.6) is 0 Å². The van der Waals surface area contributed by atoms with Gasteiger partial charge in [-0.2, -0.15) is 0 Å². The number of benzene rings is 1. The highest BCUT2D eigenvalue weighted by molar-refractivity contribution is 9.10. The van der Waals surface area contributed by atoms with Crippen LogP contribution in [0.2, 0.25) is 0 Å². The predicted molar refractivity (Wildman–Crippen MR) is 65.6 cm³/mol. The second-order valence-corrected chi connectivity index (χ2v) is 4.61. The summed E-state index contributed by atoms with van der Waals surface area (Å²) < 4.78 is 6.08. The van der Waals surface area contributed by atoms with E-state index in [-0.39, 0.29) is 5.78 Å². The average molecular weight is 279 g/mol. The third kappa shape index (κ3) is 2.61. The van der Waals surface area contributed by atoms with Gasteiger partial charge in [0.15, 0.2) is 5.78 Å². The Hall–Kier alpha value is -1.35. The molecule has 2 rings (SSSR count). The number of furan rings is 1. The van der Waals surface area contributed by atoms with E-state index in [9.17, 15) is 4.79 Å². The highest BCUT2D eigenvalue weighted by Gasteiger charge is 2.09. The maximum absolute atomic E-state index is 11.9. The zero-order valence-electron chi connectivity index (χ0n) is 8.87. The fraction of sp³-hybridized carbons (Fsp3) is 0.154. The van der Waals surface area contributed by atoms with Crippen LogP contribution in [0.3, 0.4) is 0 Å². The van der Waals surface area contributed by atoms with E-state index in [1.165, 1.54) is 0 Å². The lowest BCUT2D eigenvalue weighted by atomic mass is 10.1. The van der Waals surface area contributed by atoms with Crippen LogP contribution in [0.4, 0.5) is 0 Å². The van der Waals surface area contributed by atoms with E-state index in [2.05, 4.69) is 15.9 Å². The fourth-order valence-electron chi connectivity index (χ4n) is 1.57. The number of hydrogen-bond donors (Lipinski definition) is 0. The Kier molecular flexibility index (Phi) is 3.25. The standard InChI is InChI=1S/C13H11BrO2/c1-9-5-10(7-11(14)6-9)13(15)8-12-3-2-4-16-12/h2-7H,8H2,1H3. The van der Waals surface area contributed by atoms with Gasteiger partial charge in [-0.05, 0) is 42.8 Å². The zero-order chi connectivity index (χ0) is 11.5. The molecule has 0 saturated carbocycles. The van der Waals surface area contributed by atoms with E-state index >= 15 is 0 Å². The van der Waals surface area contributed by atoms with Gasteiger partial charge in [-0.15, -0.1) is 0 Å². The van der Waals surface area contributed by atoms with Crippen LogP contribution < -0.4 is 0 Å². The van der Waals surface area contributed by atoms with Gasteiger partial charge in [0.05, 0.1) is 12.7 Å². The van der Waals surface area contributed by atoms with Gasteiger partial charge in [0.2, 0.25) is 0 Å². The van der Waals surface area contributed by atoms with Crippen LogP contribution in [0.25, 0.3) is 0 Å². The zero-order valence-corrected chi connectivity index (χ0v) is 10.5. The molecule has 1 aromatic carbocycles. The molecule has 0 fully saturated rings. The van der Waals surface area contributed by atoms with Crippen molar-refractivity contribution in [3.05, 3.63) is 58.0 Å². The van der Waals surface area contributed by atoms with Crippen molar-refractivity contribution in [2.45, 2.75) is 13.3 Å². The molecule has 16 heavy (non-hydrogen) atoms. The van der Waals surface area contributed by atoms with Gasteiger partial charge in [0, 0.05) is 10.0 Å². The number of hydrogen-bond acceptors (Lipinski definition) is 2. The Labute approximate surface area is 102 Å². The largest absolute Gasteiger partial charge is 0.469 e. The van der Waals surface area contributed by atoms with Gasteiger partial charge < -0.3 is 4.42 Å². The van der Waals surface area contributed by atoms with Crippen LogP contribution in [0.1, 0.15) is 21.7 Å². The first kappa shape index (κ1) is 11.1. The number of carbonyl (C=O) groups is 1. The molecule has 0 bridgehead atoms. The number of rotatable bonds is 3. The van der Waals surface area contributed by atoms with Crippen LogP contribution in [-0.4, -0.2) is 5.78 Å². The first-order valence-electron chi connectivity index (χ1n) is 4.98. The molecule has 2 nitrogen and oxygen atoms in total.